The molecule has 1 aromatic heterocycles. The van der Waals surface area contributed by atoms with E-state index in [9.17, 15) is 9.18 Å². The summed E-state index contributed by atoms with van der Waals surface area (Å²) in [7, 11) is 1.25. The number of pyridine rings is 1. The molecule has 0 amide bonds. The van der Waals surface area contributed by atoms with Gasteiger partial charge in [-0.25, -0.2) is 14.2 Å². The average Bonchev–Trinajstić information content (AvgIpc) is 2.41. The number of halogens is 1. The number of rotatable bonds is 3. The average molecular weight is 277 g/mol. The van der Waals surface area contributed by atoms with Crippen molar-refractivity contribution in [3.63, 3.8) is 0 Å². The molecule has 1 aromatic carbocycles. The van der Waals surface area contributed by atoms with Crippen molar-refractivity contribution >= 4 is 16.9 Å². The highest BCUT2D eigenvalue weighted by atomic mass is 19.1. The second kappa shape index (κ2) is 5.45. The van der Waals surface area contributed by atoms with Crippen LogP contribution in [0.5, 0.6) is 5.75 Å². The van der Waals surface area contributed by atoms with Crippen LogP contribution in [-0.4, -0.2) is 24.2 Å². The number of carbonyl (C=O) groups excluding carboxylic acids is 1. The molecule has 1 heterocycles. The zero-order valence-corrected chi connectivity index (χ0v) is 11.9. The molecule has 0 bridgehead atoms. The van der Waals surface area contributed by atoms with Gasteiger partial charge in [0.05, 0.1) is 13.2 Å². The molecule has 0 radical (unpaired) electrons. The maximum Gasteiger partial charge on any atom is 0.356 e. The maximum absolute atomic E-state index is 14.0. The van der Waals surface area contributed by atoms with Crippen LogP contribution in [0, 0.1) is 12.7 Å². The van der Waals surface area contributed by atoms with Gasteiger partial charge in [0.1, 0.15) is 17.1 Å². The third kappa shape index (κ3) is 2.57. The van der Waals surface area contributed by atoms with Crippen LogP contribution >= 0.6 is 0 Å². The molecular weight excluding hydrogens is 261 g/mol. The van der Waals surface area contributed by atoms with Crippen LogP contribution in [0.1, 0.15) is 29.9 Å². The summed E-state index contributed by atoms with van der Waals surface area (Å²) in [6.07, 6.45) is -0.103. The minimum absolute atomic E-state index is 0.0279. The van der Waals surface area contributed by atoms with Gasteiger partial charge in [-0.2, -0.15) is 0 Å². The fourth-order valence-electron chi connectivity index (χ4n) is 1.99. The molecule has 0 atom stereocenters. The highest BCUT2D eigenvalue weighted by Gasteiger charge is 2.17. The lowest BCUT2D eigenvalue weighted by Gasteiger charge is -2.15. The molecule has 20 heavy (non-hydrogen) atoms. The standard InChI is InChI=1S/C15H16FNO3/c1-8(2)20-12-7-11(15(18)19-4)17-14-10(16)6-5-9(3)13(12)14/h5-8H,1-4H3. The summed E-state index contributed by atoms with van der Waals surface area (Å²) in [5.74, 6) is -0.686. The third-order valence-corrected chi connectivity index (χ3v) is 2.84. The molecule has 0 aliphatic heterocycles. The van der Waals surface area contributed by atoms with E-state index in [4.69, 9.17) is 4.74 Å². The Morgan fingerprint density at radius 1 is 1.35 bits per heavy atom. The summed E-state index contributed by atoms with van der Waals surface area (Å²) < 4.78 is 24.3. The molecule has 0 fully saturated rings. The van der Waals surface area contributed by atoms with E-state index < -0.39 is 11.8 Å². The van der Waals surface area contributed by atoms with Gasteiger partial charge in [-0.05, 0) is 32.4 Å². The largest absolute Gasteiger partial charge is 0.490 e. The van der Waals surface area contributed by atoms with E-state index in [2.05, 4.69) is 9.72 Å². The molecule has 0 aliphatic rings. The molecule has 0 aliphatic carbocycles. The van der Waals surface area contributed by atoms with Crippen molar-refractivity contribution in [2.75, 3.05) is 7.11 Å². The lowest BCUT2D eigenvalue weighted by atomic mass is 10.1. The van der Waals surface area contributed by atoms with Crippen LogP contribution in [0.3, 0.4) is 0 Å². The van der Waals surface area contributed by atoms with E-state index in [1.807, 2.05) is 20.8 Å². The van der Waals surface area contributed by atoms with Gasteiger partial charge in [0.15, 0.2) is 5.69 Å². The molecule has 0 saturated carbocycles. The van der Waals surface area contributed by atoms with Gasteiger partial charge in [-0.1, -0.05) is 6.07 Å². The summed E-state index contributed by atoms with van der Waals surface area (Å²) in [6, 6.07) is 4.47. The van der Waals surface area contributed by atoms with Gasteiger partial charge in [0, 0.05) is 11.5 Å². The minimum Gasteiger partial charge on any atom is -0.490 e. The first-order valence-corrected chi connectivity index (χ1v) is 6.29. The Kier molecular flexibility index (Phi) is 3.88. The van der Waals surface area contributed by atoms with E-state index in [1.54, 1.807) is 6.07 Å². The Bertz CT molecular complexity index is 668. The minimum atomic E-state index is -0.624. The van der Waals surface area contributed by atoms with Gasteiger partial charge in [-0.15, -0.1) is 0 Å². The number of fused-ring (bicyclic) bond motifs is 1. The first-order chi connectivity index (χ1) is 9.43. The second-order valence-electron chi connectivity index (χ2n) is 4.75. The zero-order chi connectivity index (χ0) is 14.9. The number of hydrogen-bond acceptors (Lipinski definition) is 4. The number of ether oxygens (including phenoxy) is 2. The van der Waals surface area contributed by atoms with Gasteiger partial charge >= 0.3 is 5.97 Å². The smallest absolute Gasteiger partial charge is 0.356 e. The summed E-state index contributed by atoms with van der Waals surface area (Å²) >= 11 is 0. The summed E-state index contributed by atoms with van der Waals surface area (Å²) in [6.45, 7) is 5.56. The molecule has 2 aromatic rings. The van der Waals surface area contributed by atoms with Crippen molar-refractivity contribution in [3.8, 4) is 5.75 Å². The van der Waals surface area contributed by atoms with Crippen molar-refractivity contribution < 1.29 is 18.7 Å². The van der Waals surface area contributed by atoms with E-state index in [1.165, 1.54) is 19.2 Å². The Balaban J connectivity index is 2.77. The predicted octanol–water partition coefficient (Wildman–Crippen LogP) is 3.26. The Labute approximate surface area is 116 Å². The summed E-state index contributed by atoms with van der Waals surface area (Å²) in [4.78, 5) is 15.7. The molecule has 0 spiro atoms. The Morgan fingerprint density at radius 2 is 2.05 bits per heavy atom. The van der Waals surface area contributed by atoms with E-state index in [-0.39, 0.29) is 17.3 Å². The van der Waals surface area contributed by atoms with Crippen molar-refractivity contribution in [2.45, 2.75) is 26.9 Å². The van der Waals surface area contributed by atoms with Crippen LogP contribution in [0.25, 0.3) is 10.9 Å². The number of aryl methyl sites for hydroxylation is 1. The first-order valence-electron chi connectivity index (χ1n) is 6.29. The molecule has 0 saturated heterocycles. The topological polar surface area (TPSA) is 48.4 Å². The number of aromatic nitrogens is 1. The highest BCUT2D eigenvalue weighted by molar-refractivity contribution is 5.95. The fraction of sp³-hybridized carbons (Fsp3) is 0.333. The molecule has 106 valence electrons. The van der Waals surface area contributed by atoms with E-state index in [0.717, 1.165) is 5.56 Å². The number of carbonyl (C=O) groups is 1. The van der Waals surface area contributed by atoms with Gasteiger partial charge < -0.3 is 9.47 Å². The number of benzene rings is 1. The van der Waals surface area contributed by atoms with Crippen LogP contribution in [0.15, 0.2) is 18.2 Å². The normalized spacial score (nSPS) is 10.9. The van der Waals surface area contributed by atoms with Crippen LogP contribution in [0.4, 0.5) is 4.39 Å². The van der Waals surface area contributed by atoms with Crippen molar-refractivity contribution in [3.05, 3.63) is 35.3 Å². The van der Waals surface area contributed by atoms with Gasteiger partial charge in [0.25, 0.3) is 0 Å². The number of nitrogens with zero attached hydrogens (tertiary/aromatic N) is 1. The molecule has 2 rings (SSSR count). The SMILES string of the molecule is COC(=O)c1cc(OC(C)C)c2c(C)ccc(F)c2n1. The molecular formula is C15H16FNO3. The Morgan fingerprint density at radius 3 is 2.65 bits per heavy atom. The van der Waals surface area contributed by atoms with Crippen molar-refractivity contribution in [1.29, 1.82) is 0 Å². The zero-order valence-electron chi connectivity index (χ0n) is 11.9. The van der Waals surface area contributed by atoms with Crippen molar-refractivity contribution in [2.24, 2.45) is 0 Å². The lowest BCUT2D eigenvalue weighted by molar-refractivity contribution is 0.0593. The molecule has 0 unspecified atom stereocenters. The van der Waals surface area contributed by atoms with Gasteiger partial charge in [-0.3, -0.25) is 0 Å². The molecule has 0 N–H and O–H groups in total. The maximum atomic E-state index is 14.0. The predicted molar refractivity (Wildman–Crippen MR) is 73.5 cm³/mol. The van der Waals surface area contributed by atoms with Crippen LogP contribution in [-0.2, 0) is 4.74 Å². The van der Waals surface area contributed by atoms with Crippen molar-refractivity contribution in [1.82, 2.24) is 4.98 Å². The van der Waals surface area contributed by atoms with Crippen LogP contribution < -0.4 is 4.74 Å². The molecule has 5 heteroatoms. The number of methoxy groups -OCH3 is 1. The monoisotopic (exact) mass is 277 g/mol. The molecule has 4 nitrogen and oxygen atoms in total. The van der Waals surface area contributed by atoms with Crippen LogP contribution in [0.2, 0.25) is 0 Å². The highest BCUT2D eigenvalue weighted by Crippen LogP contribution is 2.31. The van der Waals surface area contributed by atoms with E-state index in [0.29, 0.717) is 11.1 Å². The quantitative estimate of drug-likeness (QED) is 0.808. The summed E-state index contributed by atoms with van der Waals surface area (Å²) in [5.41, 5.74) is 0.977. The lowest BCUT2D eigenvalue weighted by Crippen LogP contribution is -2.10. The number of hydrogen-bond donors (Lipinski definition) is 0. The summed E-state index contributed by atoms with van der Waals surface area (Å²) in [5, 5.41) is 0.575. The third-order valence-electron chi connectivity index (χ3n) is 2.84. The van der Waals surface area contributed by atoms with E-state index >= 15 is 0 Å². The fourth-order valence-corrected chi connectivity index (χ4v) is 1.99. The second-order valence-corrected chi connectivity index (χ2v) is 4.75. The Hall–Kier alpha value is -2.17. The first kappa shape index (κ1) is 14.2. The number of esters is 1. The van der Waals surface area contributed by atoms with Gasteiger partial charge in [0.2, 0.25) is 0 Å².